The van der Waals surface area contributed by atoms with E-state index in [9.17, 15) is 4.79 Å². The third-order valence-corrected chi connectivity index (χ3v) is 3.93. The van der Waals surface area contributed by atoms with E-state index in [0.717, 1.165) is 11.1 Å². The first-order chi connectivity index (χ1) is 13.2. The van der Waals surface area contributed by atoms with Gasteiger partial charge in [0.25, 0.3) is 0 Å². The maximum absolute atomic E-state index is 10.2. The predicted molar refractivity (Wildman–Crippen MR) is 106 cm³/mol. The zero-order valence-corrected chi connectivity index (χ0v) is 15.4. The van der Waals surface area contributed by atoms with Crippen LogP contribution in [-0.4, -0.2) is 26.7 Å². The zero-order chi connectivity index (χ0) is 19.1. The highest BCUT2D eigenvalue weighted by molar-refractivity contribution is 6.35. The van der Waals surface area contributed by atoms with Gasteiger partial charge in [0.2, 0.25) is 11.6 Å². The number of carbonyl (C=O) groups is 1. The Hall–Kier alpha value is -3.62. The van der Waals surface area contributed by atoms with E-state index < -0.39 is 0 Å². The van der Waals surface area contributed by atoms with Gasteiger partial charge in [0, 0.05) is 18.6 Å². The number of nitrogens with two attached hydrogens (primary N) is 1. The normalized spacial score (nSPS) is 10.8. The first-order valence-electron chi connectivity index (χ1n) is 7.97. The number of nitrogens with zero attached hydrogens (tertiary/aromatic N) is 4. The van der Waals surface area contributed by atoms with Crippen molar-refractivity contribution >= 4 is 29.5 Å². The average Bonchev–Trinajstić information content (AvgIpc) is 2.71. The topological polar surface area (TPSA) is 128 Å². The van der Waals surface area contributed by atoms with Gasteiger partial charge < -0.3 is 16.5 Å². The molecule has 3 aromatic rings. The Morgan fingerprint density at radius 1 is 1.00 bits per heavy atom. The number of allylic oxidation sites excluding steroid dienone is 3. The number of nitrogens with one attached hydrogen (secondary N) is 1. The highest BCUT2D eigenvalue weighted by Crippen LogP contribution is 2.25. The Balaban J connectivity index is 0.00000280. The number of rotatable bonds is 6. The molecular formula is C19H17ClN6O2. The van der Waals surface area contributed by atoms with Crippen LogP contribution in [0.15, 0.2) is 73.5 Å². The summed E-state index contributed by atoms with van der Waals surface area (Å²) >= 11 is 6.16. The Bertz CT molecular complexity index is 991. The Morgan fingerprint density at radius 2 is 1.68 bits per heavy atom. The second-order valence-corrected chi connectivity index (χ2v) is 5.70. The van der Waals surface area contributed by atoms with E-state index in [1.165, 1.54) is 6.08 Å². The van der Waals surface area contributed by atoms with Crippen LogP contribution < -0.4 is 15.6 Å². The maximum Gasteiger partial charge on any atom is 0.441 e. The van der Waals surface area contributed by atoms with Crippen molar-refractivity contribution < 1.29 is 14.8 Å². The van der Waals surface area contributed by atoms with E-state index >= 15 is 0 Å². The van der Waals surface area contributed by atoms with Crippen molar-refractivity contribution in [3.63, 3.8) is 0 Å². The summed E-state index contributed by atoms with van der Waals surface area (Å²) in [6, 6.07) is 7.76. The van der Waals surface area contributed by atoms with Crippen LogP contribution in [0.25, 0.3) is 17.1 Å². The summed E-state index contributed by atoms with van der Waals surface area (Å²) in [6.07, 6.45) is 14.0. The van der Waals surface area contributed by atoms with Crippen LogP contribution >= 0.6 is 11.6 Å². The molecule has 0 aromatic carbocycles. The molecule has 3 heterocycles. The minimum Gasteiger partial charge on any atom is -0.870 e. The van der Waals surface area contributed by atoms with Crippen LogP contribution in [0.4, 0.5) is 11.6 Å². The summed E-state index contributed by atoms with van der Waals surface area (Å²) in [6.45, 7) is 0. The lowest BCUT2D eigenvalue weighted by Crippen LogP contribution is -2.32. The van der Waals surface area contributed by atoms with Gasteiger partial charge in [0.15, 0.2) is 5.02 Å². The molecule has 3 aromatic heterocycles. The molecule has 0 amide bonds. The number of pyridine rings is 2. The number of aldehydes is 1. The second kappa shape index (κ2) is 9.91. The van der Waals surface area contributed by atoms with E-state index in [4.69, 9.17) is 17.3 Å². The molecule has 0 atom stereocenters. The summed E-state index contributed by atoms with van der Waals surface area (Å²) in [5.74, 6) is 0.893. The summed E-state index contributed by atoms with van der Waals surface area (Å²) in [5.41, 5.74) is 8.00. The van der Waals surface area contributed by atoms with Gasteiger partial charge >= 0.3 is 5.95 Å². The average molecular weight is 397 g/mol. The van der Waals surface area contributed by atoms with Crippen LogP contribution in [0.1, 0.15) is 0 Å². The molecule has 0 radical (unpaired) electrons. The van der Waals surface area contributed by atoms with Crippen LogP contribution in [0.3, 0.4) is 0 Å². The maximum atomic E-state index is 10.2. The van der Waals surface area contributed by atoms with Crippen molar-refractivity contribution in [2.24, 2.45) is 0 Å². The first kappa shape index (κ1) is 20.7. The molecule has 8 nitrogen and oxygen atoms in total. The predicted octanol–water partition coefficient (Wildman–Crippen LogP) is 2.55. The van der Waals surface area contributed by atoms with Gasteiger partial charge in [0.1, 0.15) is 6.29 Å². The second-order valence-electron chi connectivity index (χ2n) is 5.33. The molecule has 0 aliphatic heterocycles. The molecule has 0 spiro atoms. The number of hydrogen-bond donors (Lipinski definition) is 2. The molecular weight excluding hydrogens is 380 g/mol. The van der Waals surface area contributed by atoms with Gasteiger partial charge in [-0.3, -0.25) is 9.78 Å². The first-order valence-corrected chi connectivity index (χ1v) is 8.35. The van der Waals surface area contributed by atoms with Gasteiger partial charge in [-0.15, -0.1) is 0 Å². The van der Waals surface area contributed by atoms with E-state index in [0.29, 0.717) is 18.1 Å². The van der Waals surface area contributed by atoms with E-state index in [-0.39, 0.29) is 16.3 Å². The van der Waals surface area contributed by atoms with Gasteiger partial charge in [-0.05, 0) is 57.5 Å². The van der Waals surface area contributed by atoms with Crippen molar-refractivity contribution in [3.05, 3.63) is 78.5 Å². The Labute approximate surface area is 166 Å². The van der Waals surface area contributed by atoms with Gasteiger partial charge in [-0.2, -0.15) is 0 Å². The third-order valence-electron chi connectivity index (χ3n) is 3.56. The fraction of sp³-hybridized carbons (Fsp3) is 0. The van der Waals surface area contributed by atoms with Crippen LogP contribution in [-0.2, 0) is 4.79 Å². The lowest BCUT2D eigenvalue weighted by atomic mass is 10.1. The van der Waals surface area contributed by atoms with Crippen LogP contribution in [0, 0.1) is 0 Å². The highest BCUT2D eigenvalue weighted by atomic mass is 35.5. The molecule has 28 heavy (non-hydrogen) atoms. The fourth-order valence-electron chi connectivity index (χ4n) is 2.25. The van der Waals surface area contributed by atoms with Crippen molar-refractivity contribution in [2.45, 2.75) is 0 Å². The van der Waals surface area contributed by atoms with E-state index in [1.54, 1.807) is 35.3 Å². The molecule has 0 unspecified atom stereocenters. The number of nitrogen functional groups attached to an aromatic ring is 1. The van der Waals surface area contributed by atoms with Crippen molar-refractivity contribution in [3.8, 4) is 17.1 Å². The highest BCUT2D eigenvalue weighted by Gasteiger charge is 2.19. The number of anilines is 2. The lowest BCUT2D eigenvalue weighted by Gasteiger charge is -2.04. The molecule has 4 N–H and O–H groups in total. The minimum absolute atomic E-state index is 0. The van der Waals surface area contributed by atoms with E-state index in [1.807, 2.05) is 36.7 Å². The third kappa shape index (κ3) is 4.97. The van der Waals surface area contributed by atoms with Crippen LogP contribution in [0.5, 0.6) is 0 Å². The molecule has 0 bridgehead atoms. The molecule has 0 aliphatic rings. The standard InChI is InChI=1S/C19H15ClN6O.H2O/c20-16-17(21)24-19(25-18(16)23-8-2-1-3-13-27)26-11-6-15(7-12-26)14-4-9-22-10-5-14;/h1-13H,(H2-,21,23,24,25,27);1H2. The van der Waals surface area contributed by atoms with Crippen molar-refractivity contribution in [1.82, 2.24) is 15.0 Å². The number of carbonyl (C=O) groups excluding carboxylic acids is 1. The molecule has 0 saturated carbocycles. The summed E-state index contributed by atoms with van der Waals surface area (Å²) in [5, 5.41) is 3.15. The molecule has 9 heteroatoms. The quantitative estimate of drug-likeness (QED) is 0.283. The van der Waals surface area contributed by atoms with Crippen LogP contribution in [0.2, 0.25) is 5.02 Å². The lowest BCUT2D eigenvalue weighted by molar-refractivity contribution is -0.603. The monoisotopic (exact) mass is 396 g/mol. The van der Waals surface area contributed by atoms with E-state index in [2.05, 4.69) is 20.3 Å². The molecule has 142 valence electrons. The number of halogens is 1. The largest absolute Gasteiger partial charge is 0.870 e. The molecule has 0 aliphatic carbocycles. The molecule has 0 fully saturated rings. The SMILES string of the molecule is Nc1nc(-[n+]2ccc(-c3ccncc3)cc2)nc(N/C=C/C=C/C=O)c1Cl.[OH-]. The molecule has 0 saturated heterocycles. The molecule has 3 rings (SSSR count). The fourth-order valence-corrected chi connectivity index (χ4v) is 2.39. The summed E-state index contributed by atoms with van der Waals surface area (Å²) < 4.78 is 1.73. The van der Waals surface area contributed by atoms with Gasteiger partial charge in [-0.25, -0.2) is 4.57 Å². The minimum atomic E-state index is 0. The Kier molecular flexibility index (Phi) is 7.32. The summed E-state index contributed by atoms with van der Waals surface area (Å²) in [4.78, 5) is 22.9. The number of hydrogen-bond acceptors (Lipinski definition) is 7. The van der Waals surface area contributed by atoms with Gasteiger partial charge in [0.05, 0.1) is 12.4 Å². The number of aromatic nitrogens is 4. The van der Waals surface area contributed by atoms with Gasteiger partial charge in [-0.1, -0.05) is 17.7 Å². The zero-order valence-electron chi connectivity index (χ0n) is 14.6. The van der Waals surface area contributed by atoms with Crippen molar-refractivity contribution in [2.75, 3.05) is 11.1 Å². The summed E-state index contributed by atoms with van der Waals surface area (Å²) in [7, 11) is 0. The Morgan fingerprint density at radius 3 is 2.36 bits per heavy atom. The smallest absolute Gasteiger partial charge is 0.441 e. The van der Waals surface area contributed by atoms with Crippen molar-refractivity contribution in [1.29, 1.82) is 0 Å².